The summed E-state index contributed by atoms with van der Waals surface area (Å²) < 4.78 is 28.2. The summed E-state index contributed by atoms with van der Waals surface area (Å²) in [5, 5.41) is 0.124. The third-order valence-electron chi connectivity index (χ3n) is 2.37. The lowest BCUT2D eigenvalue weighted by molar-refractivity contribution is 0.304. The number of hydrogen-bond donors (Lipinski definition) is 0. The fourth-order valence-corrected chi connectivity index (χ4v) is 2.43. The van der Waals surface area contributed by atoms with Gasteiger partial charge in [0.1, 0.15) is 5.75 Å². The molecule has 0 bridgehead atoms. The Morgan fingerprint density at radius 1 is 1.35 bits per heavy atom. The van der Waals surface area contributed by atoms with Crippen molar-refractivity contribution in [2.75, 3.05) is 12.9 Å². The maximum Gasteiger partial charge on any atom is 0.193 e. The van der Waals surface area contributed by atoms with Crippen molar-refractivity contribution < 1.29 is 13.2 Å². The maximum atomic E-state index is 11.4. The zero-order chi connectivity index (χ0) is 12.9. The molecule has 0 aliphatic rings. The van der Waals surface area contributed by atoms with Gasteiger partial charge in [0.05, 0.1) is 12.8 Å². The molecule has 4 nitrogen and oxygen atoms in total. The lowest BCUT2D eigenvalue weighted by atomic mass is 10.3. The van der Waals surface area contributed by atoms with Gasteiger partial charge in [0.2, 0.25) is 0 Å². The predicted molar refractivity (Wildman–Crippen MR) is 67.1 cm³/mol. The van der Waals surface area contributed by atoms with E-state index in [9.17, 15) is 8.42 Å². The summed E-state index contributed by atoms with van der Waals surface area (Å²) in [6.45, 7) is 4.50. The Balaban J connectivity index is 2.70. The zero-order valence-corrected chi connectivity index (χ0v) is 11.4. The topological polar surface area (TPSA) is 56.3 Å². The predicted octanol–water partition coefficient (Wildman–Crippen LogP) is 2.36. The fraction of sp³-hybridized carbons (Fsp3) is 0.583. The van der Waals surface area contributed by atoms with Crippen LogP contribution in [0.5, 0.6) is 5.75 Å². The van der Waals surface area contributed by atoms with Gasteiger partial charge in [-0.15, -0.1) is 0 Å². The molecule has 1 aromatic heterocycles. The van der Waals surface area contributed by atoms with E-state index >= 15 is 0 Å². The van der Waals surface area contributed by atoms with Crippen LogP contribution in [0, 0.1) is 6.92 Å². The summed E-state index contributed by atoms with van der Waals surface area (Å²) in [5.41, 5.74) is 0.625. The lowest BCUT2D eigenvalue weighted by Crippen LogP contribution is -2.04. The number of ether oxygens (including phenoxy) is 1. The van der Waals surface area contributed by atoms with Gasteiger partial charge in [0, 0.05) is 6.26 Å². The SMILES string of the molecule is CCCCCOc1cnc(S(C)(=O)=O)c(C)c1. The number of aromatic nitrogens is 1. The first-order valence-corrected chi connectivity index (χ1v) is 7.63. The van der Waals surface area contributed by atoms with Gasteiger partial charge < -0.3 is 4.74 Å². The van der Waals surface area contributed by atoms with Crippen molar-refractivity contribution in [3.63, 3.8) is 0 Å². The number of unbranched alkanes of at least 4 members (excludes halogenated alkanes) is 2. The van der Waals surface area contributed by atoms with Crippen LogP contribution in [-0.2, 0) is 9.84 Å². The van der Waals surface area contributed by atoms with E-state index in [4.69, 9.17) is 4.74 Å². The highest BCUT2D eigenvalue weighted by Crippen LogP contribution is 2.18. The van der Waals surface area contributed by atoms with Gasteiger partial charge in [-0.2, -0.15) is 0 Å². The van der Waals surface area contributed by atoms with Crippen molar-refractivity contribution in [2.45, 2.75) is 38.1 Å². The molecule has 0 unspecified atom stereocenters. The standard InChI is InChI=1S/C12H19NO3S/c1-4-5-6-7-16-11-8-10(2)12(13-9-11)17(3,14)15/h8-9H,4-7H2,1-3H3. The van der Waals surface area contributed by atoms with E-state index in [0.29, 0.717) is 17.9 Å². The van der Waals surface area contributed by atoms with Crippen LogP contribution in [0.1, 0.15) is 31.7 Å². The molecule has 0 amide bonds. The van der Waals surface area contributed by atoms with Gasteiger partial charge in [0.25, 0.3) is 0 Å². The van der Waals surface area contributed by atoms with E-state index in [1.165, 1.54) is 6.20 Å². The highest BCUT2D eigenvalue weighted by Gasteiger charge is 2.12. The Labute approximate surface area is 103 Å². The highest BCUT2D eigenvalue weighted by molar-refractivity contribution is 7.90. The first kappa shape index (κ1) is 14.0. The Kier molecular flexibility index (Phi) is 4.93. The molecular weight excluding hydrogens is 238 g/mol. The summed E-state index contributed by atoms with van der Waals surface area (Å²) in [7, 11) is -3.25. The second kappa shape index (κ2) is 6.00. The molecule has 0 aliphatic heterocycles. The van der Waals surface area contributed by atoms with Crippen LogP contribution >= 0.6 is 0 Å². The average Bonchev–Trinajstić information content (AvgIpc) is 2.23. The maximum absolute atomic E-state index is 11.4. The average molecular weight is 257 g/mol. The second-order valence-electron chi connectivity index (χ2n) is 4.12. The minimum Gasteiger partial charge on any atom is -0.492 e. The van der Waals surface area contributed by atoms with Crippen LogP contribution < -0.4 is 4.74 Å². The van der Waals surface area contributed by atoms with E-state index in [2.05, 4.69) is 11.9 Å². The molecule has 0 fully saturated rings. The summed E-state index contributed by atoms with van der Waals surface area (Å²) in [5.74, 6) is 0.631. The number of hydrogen-bond acceptors (Lipinski definition) is 4. The van der Waals surface area contributed by atoms with E-state index < -0.39 is 9.84 Å². The molecule has 96 valence electrons. The zero-order valence-electron chi connectivity index (χ0n) is 10.6. The molecule has 0 aromatic carbocycles. The first-order valence-electron chi connectivity index (χ1n) is 5.74. The molecule has 17 heavy (non-hydrogen) atoms. The Hall–Kier alpha value is -1.10. The molecule has 1 rings (SSSR count). The van der Waals surface area contributed by atoms with Gasteiger partial charge in [-0.1, -0.05) is 19.8 Å². The van der Waals surface area contributed by atoms with E-state index in [-0.39, 0.29) is 5.03 Å². The van der Waals surface area contributed by atoms with Gasteiger partial charge >= 0.3 is 0 Å². The lowest BCUT2D eigenvalue weighted by Gasteiger charge is -2.08. The first-order chi connectivity index (χ1) is 7.95. The van der Waals surface area contributed by atoms with Crippen LogP contribution in [-0.4, -0.2) is 26.3 Å². The van der Waals surface area contributed by atoms with Crippen molar-refractivity contribution in [1.29, 1.82) is 0 Å². The molecule has 5 heteroatoms. The van der Waals surface area contributed by atoms with Gasteiger partial charge in [-0.25, -0.2) is 13.4 Å². The molecule has 0 radical (unpaired) electrons. The minimum absolute atomic E-state index is 0.124. The van der Waals surface area contributed by atoms with E-state index in [1.54, 1.807) is 13.0 Å². The van der Waals surface area contributed by atoms with Crippen molar-refractivity contribution in [3.05, 3.63) is 17.8 Å². The monoisotopic (exact) mass is 257 g/mol. The smallest absolute Gasteiger partial charge is 0.193 e. The summed E-state index contributed by atoms with van der Waals surface area (Å²) in [6, 6.07) is 1.72. The van der Waals surface area contributed by atoms with Gasteiger partial charge in [-0.05, 0) is 25.0 Å². The quantitative estimate of drug-likeness (QED) is 0.734. The normalized spacial score (nSPS) is 11.5. The molecule has 1 aromatic rings. The van der Waals surface area contributed by atoms with Gasteiger partial charge in [-0.3, -0.25) is 0 Å². The number of aryl methyl sites for hydroxylation is 1. The minimum atomic E-state index is -3.25. The molecule has 0 saturated heterocycles. The highest BCUT2D eigenvalue weighted by atomic mass is 32.2. The van der Waals surface area contributed by atoms with Crippen molar-refractivity contribution in [3.8, 4) is 5.75 Å². The molecule has 0 aliphatic carbocycles. The Morgan fingerprint density at radius 2 is 2.06 bits per heavy atom. The third-order valence-corrected chi connectivity index (χ3v) is 3.50. The summed E-state index contributed by atoms with van der Waals surface area (Å²) >= 11 is 0. The summed E-state index contributed by atoms with van der Waals surface area (Å²) in [4.78, 5) is 3.94. The molecular formula is C12H19NO3S. The number of pyridine rings is 1. The number of nitrogens with zero attached hydrogens (tertiary/aromatic N) is 1. The van der Waals surface area contributed by atoms with E-state index in [0.717, 1.165) is 25.5 Å². The fourth-order valence-electron chi connectivity index (χ4n) is 1.55. The van der Waals surface area contributed by atoms with Crippen LogP contribution in [0.15, 0.2) is 17.3 Å². The second-order valence-corrected chi connectivity index (χ2v) is 6.05. The van der Waals surface area contributed by atoms with Crippen LogP contribution in [0.4, 0.5) is 0 Å². The Morgan fingerprint density at radius 3 is 2.59 bits per heavy atom. The van der Waals surface area contributed by atoms with Gasteiger partial charge in [0.15, 0.2) is 14.9 Å². The number of rotatable bonds is 6. The van der Waals surface area contributed by atoms with E-state index in [1.807, 2.05) is 0 Å². The summed E-state index contributed by atoms with van der Waals surface area (Å²) in [6.07, 6.45) is 5.91. The van der Waals surface area contributed by atoms with Crippen molar-refractivity contribution in [2.24, 2.45) is 0 Å². The molecule has 0 atom stereocenters. The molecule has 0 N–H and O–H groups in total. The molecule has 1 heterocycles. The van der Waals surface area contributed by atoms with Crippen LogP contribution in [0.3, 0.4) is 0 Å². The Bertz CT molecular complexity index is 469. The van der Waals surface area contributed by atoms with Crippen LogP contribution in [0.25, 0.3) is 0 Å². The van der Waals surface area contributed by atoms with Crippen molar-refractivity contribution >= 4 is 9.84 Å². The number of sulfone groups is 1. The third kappa shape index (κ3) is 4.34. The van der Waals surface area contributed by atoms with Crippen LogP contribution in [0.2, 0.25) is 0 Å². The van der Waals surface area contributed by atoms with Crippen molar-refractivity contribution in [1.82, 2.24) is 4.98 Å². The largest absolute Gasteiger partial charge is 0.492 e. The molecule has 0 spiro atoms. The molecule has 0 saturated carbocycles.